The van der Waals surface area contributed by atoms with Crippen LogP contribution in [0, 0.1) is 5.41 Å². The first-order chi connectivity index (χ1) is 28.3. The summed E-state index contributed by atoms with van der Waals surface area (Å²) in [5.41, 5.74) is 2.27. The summed E-state index contributed by atoms with van der Waals surface area (Å²) in [4.78, 5) is 89.5. The van der Waals surface area contributed by atoms with E-state index < -0.39 is 90.2 Å². The van der Waals surface area contributed by atoms with Crippen molar-refractivity contribution in [1.82, 2.24) is 30.2 Å². The number of nitrogen functional groups attached to an aromatic ring is 1. The molecule has 61 heavy (non-hydrogen) atoms. The van der Waals surface area contributed by atoms with Gasteiger partial charge in [0.15, 0.2) is 22.3 Å². The predicted octanol–water partition coefficient (Wildman–Crippen LogP) is 0.284. The van der Waals surface area contributed by atoms with Gasteiger partial charge in [-0.05, 0) is 31.2 Å². The second-order valence-corrected chi connectivity index (χ2v) is 20.7. The van der Waals surface area contributed by atoms with Gasteiger partial charge in [0, 0.05) is 42.0 Å². The zero-order chi connectivity index (χ0) is 45.4. The Morgan fingerprint density at radius 1 is 1.08 bits per heavy atom. The number of carbonyl (C=O) groups excluding carboxylic acids is 3. The smallest absolute Gasteiger partial charge is 0.393 e. The van der Waals surface area contributed by atoms with Gasteiger partial charge in [0.1, 0.15) is 36.3 Å². The lowest BCUT2D eigenvalue weighted by Gasteiger charge is -2.30. The third-order valence-corrected chi connectivity index (χ3v) is 13.9. The average molecular weight is 964 g/mol. The van der Waals surface area contributed by atoms with E-state index in [2.05, 4.69) is 29.9 Å². The summed E-state index contributed by atoms with van der Waals surface area (Å²) in [5.74, 6) is -1.27. The van der Waals surface area contributed by atoms with E-state index in [0.29, 0.717) is 12.8 Å². The van der Waals surface area contributed by atoms with Gasteiger partial charge in [-0.3, -0.25) is 32.5 Å². The van der Waals surface area contributed by atoms with E-state index in [1.54, 1.807) is 11.3 Å². The monoisotopic (exact) mass is 963 g/mol. The van der Waals surface area contributed by atoms with Gasteiger partial charge in [-0.1, -0.05) is 31.7 Å². The highest BCUT2D eigenvalue weighted by Gasteiger charge is 2.57. The fourth-order valence-electron chi connectivity index (χ4n) is 5.73. The van der Waals surface area contributed by atoms with Gasteiger partial charge in [-0.15, -0.1) is 11.3 Å². The maximum Gasteiger partial charge on any atom is 0.481 e. The van der Waals surface area contributed by atoms with Crippen LogP contribution in [0.2, 0.25) is 0 Å². The van der Waals surface area contributed by atoms with E-state index >= 15 is 0 Å². The number of hydrogen-bond acceptors (Lipinski definition) is 20. The number of rotatable bonds is 24. The predicted molar refractivity (Wildman–Crippen MR) is 215 cm³/mol. The van der Waals surface area contributed by atoms with Crippen LogP contribution >= 0.6 is 46.6 Å². The minimum atomic E-state index is -5.61. The number of carbonyl (C=O) groups is 3. The number of hydrogen-bond donors (Lipinski definition) is 10. The standard InChI is InChI=1S/C31H48N7O18P3S2/c1-30(2,26(43)29(44)34-9-8-21(40)33-10-12-61-22(41)13-18(39)6-7-19-5-4-11-60-19)15-53-59(50,51)56-58(48,49)52-14-20-24(55-57(45,46)47)25(42)31(3,54-20)38-17-37-23-27(32)35-16-36-28(23)38/h4-5,11,16-18,20,24-26,39,42-43H,6-10,12-15H2,1-3H3,(H,33,40)(H,34,44)(H,48,49)(H,50,51)(H2,32,35,36)(H2,45,46,47). The van der Waals surface area contributed by atoms with Crippen LogP contribution in [0.3, 0.4) is 0 Å². The van der Waals surface area contributed by atoms with E-state index in [1.165, 1.54) is 20.8 Å². The molecule has 0 aromatic carbocycles. The summed E-state index contributed by atoms with van der Waals surface area (Å²) in [6.45, 7) is 1.57. The van der Waals surface area contributed by atoms with Gasteiger partial charge >= 0.3 is 23.5 Å². The maximum atomic E-state index is 12.8. The van der Waals surface area contributed by atoms with Crippen molar-refractivity contribution in [2.45, 2.75) is 82.7 Å². The Bertz CT molecular complexity index is 2130. The zero-order valence-electron chi connectivity index (χ0n) is 32.8. The molecule has 1 saturated heterocycles. The number of thioether (sulfide) groups is 1. The van der Waals surface area contributed by atoms with Gasteiger partial charge in [0.25, 0.3) is 0 Å². The van der Waals surface area contributed by atoms with E-state index in [4.69, 9.17) is 24.0 Å². The van der Waals surface area contributed by atoms with Crippen molar-refractivity contribution < 1.29 is 85.6 Å². The molecule has 4 rings (SSSR count). The average Bonchev–Trinajstić information content (AvgIpc) is 3.90. The van der Waals surface area contributed by atoms with E-state index in [-0.39, 0.29) is 53.8 Å². The Balaban J connectivity index is 1.20. The van der Waals surface area contributed by atoms with Gasteiger partial charge < -0.3 is 56.0 Å². The number of imidazole rings is 1. The highest BCUT2D eigenvalue weighted by atomic mass is 32.2. The van der Waals surface area contributed by atoms with E-state index in [9.17, 15) is 63.0 Å². The molecule has 25 nitrogen and oxygen atoms in total. The molecule has 0 saturated carbocycles. The third-order valence-electron chi connectivity index (χ3n) is 8.96. The summed E-state index contributed by atoms with van der Waals surface area (Å²) >= 11 is 2.53. The Morgan fingerprint density at radius 2 is 1.79 bits per heavy atom. The van der Waals surface area contributed by atoms with Crippen LogP contribution in [0.4, 0.5) is 5.82 Å². The lowest BCUT2D eigenvalue weighted by molar-refractivity contribution is -0.137. The number of aryl methyl sites for hydroxylation is 1. The largest absolute Gasteiger partial charge is 0.481 e. The first kappa shape index (κ1) is 50.9. The lowest BCUT2D eigenvalue weighted by atomic mass is 9.87. The van der Waals surface area contributed by atoms with Gasteiger partial charge in [-0.25, -0.2) is 28.6 Å². The number of ether oxygens (including phenoxy) is 1. The number of phosphoric acid groups is 3. The number of nitrogens with two attached hydrogens (primary N) is 1. The van der Waals surface area contributed by atoms with Crippen LogP contribution in [0.5, 0.6) is 0 Å². The fourth-order valence-corrected chi connectivity index (χ4v) is 10.0. The number of thiophene rings is 1. The van der Waals surface area contributed by atoms with Crippen molar-refractivity contribution in [3.8, 4) is 0 Å². The molecule has 1 fully saturated rings. The minimum Gasteiger partial charge on any atom is -0.393 e. The number of anilines is 1. The molecule has 3 aromatic heterocycles. The van der Waals surface area contributed by atoms with Crippen LogP contribution in [-0.2, 0) is 62.8 Å². The molecule has 3 aromatic rings. The van der Waals surface area contributed by atoms with E-state index in [0.717, 1.165) is 33.9 Å². The molecule has 342 valence electrons. The molecule has 2 amide bonds. The van der Waals surface area contributed by atoms with Crippen molar-refractivity contribution >= 4 is 80.5 Å². The molecule has 30 heteroatoms. The van der Waals surface area contributed by atoms with Crippen LogP contribution in [0.1, 0.15) is 44.9 Å². The zero-order valence-corrected chi connectivity index (χ0v) is 37.1. The highest BCUT2D eigenvalue weighted by molar-refractivity contribution is 8.13. The first-order valence-corrected chi connectivity index (χ1v) is 24.5. The summed E-state index contributed by atoms with van der Waals surface area (Å²) in [6.07, 6.45) is -5.27. The van der Waals surface area contributed by atoms with Gasteiger partial charge in [-0.2, -0.15) is 4.31 Å². The highest BCUT2D eigenvalue weighted by Crippen LogP contribution is 2.61. The summed E-state index contributed by atoms with van der Waals surface area (Å²) in [6, 6.07) is 3.86. The van der Waals surface area contributed by atoms with Crippen molar-refractivity contribution in [1.29, 1.82) is 0 Å². The van der Waals surface area contributed by atoms with E-state index in [1.807, 2.05) is 17.5 Å². The minimum absolute atomic E-state index is 0.0139. The molecule has 1 aliphatic rings. The number of fused-ring (bicyclic) bond motifs is 1. The molecule has 0 bridgehead atoms. The van der Waals surface area contributed by atoms with Gasteiger partial charge in [0.2, 0.25) is 11.8 Å². The Kier molecular flexibility index (Phi) is 17.7. The molecule has 8 unspecified atom stereocenters. The normalized spacial score (nSPS) is 22.6. The topological polar surface area (TPSA) is 384 Å². The number of nitrogens with one attached hydrogen (secondary N) is 2. The van der Waals surface area contributed by atoms with Crippen molar-refractivity contribution in [3.63, 3.8) is 0 Å². The Hall–Kier alpha value is -2.78. The fraction of sp³-hybridized carbons (Fsp3) is 0.613. The summed E-state index contributed by atoms with van der Waals surface area (Å²) in [5, 5.41) is 38.5. The summed E-state index contributed by atoms with van der Waals surface area (Å²) in [7, 11) is -16.5. The van der Waals surface area contributed by atoms with Crippen LogP contribution in [-0.4, -0.2) is 134 Å². The molecular formula is C31H48N7O18P3S2. The number of amides is 2. The Labute approximate surface area is 356 Å². The van der Waals surface area contributed by atoms with Crippen LogP contribution in [0.15, 0.2) is 30.2 Å². The quantitative estimate of drug-likeness (QED) is 0.0426. The lowest BCUT2D eigenvalue weighted by Crippen LogP contribution is -2.46. The maximum absolute atomic E-state index is 12.8. The molecule has 0 radical (unpaired) electrons. The Morgan fingerprint density at radius 3 is 2.46 bits per heavy atom. The molecular weight excluding hydrogens is 915 g/mol. The molecule has 0 spiro atoms. The van der Waals surface area contributed by atoms with Crippen LogP contribution in [0.25, 0.3) is 11.2 Å². The number of aliphatic hydroxyl groups is 3. The summed E-state index contributed by atoms with van der Waals surface area (Å²) < 4.78 is 62.8. The third kappa shape index (κ3) is 14.9. The number of aromatic nitrogens is 4. The molecule has 8 atom stereocenters. The van der Waals surface area contributed by atoms with Gasteiger partial charge in [0.05, 0.1) is 25.6 Å². The van der Waals surface area contributed by atoms with Crippen molar-refractivity contribution in [2.24, 2.45) is 5.41 Å². The first-order valence-electron chi connectivity index (χ1n) is 18.1. The number of aliphatic hydroxyl groups excluding tert-OH is 3. The molecule has 11 N–H and O–H groups in total. The molecule has 0 aliphatic carbocycles. The van der Waals surface area contributed by atoms with Crippen molar-refractivity contribution in [2.75, 3.05) is 37.8 Å². The number of nitrogens with zero attached hydrogens (tertiary/aromatic N) is 4. The SMILES string of the molecule is CC(C)(COP(=O)(O)OP(=O)(O)OCC1OC(C)(n2cnc3c(N)ncnc32)C(O)C1OP(=O)(O)O)C(O)C(=O)NCCC(=O)NCCSC(=O)CC(O)CCc1cccs1. The van der Waals surface area contributed by atoms with Crippen LogP contribution < -0.4 is 16.4 Å². The second-order valence-electron chi connectivity index (χ2n) is 14.3. The molecule has 4 heterocycles. The molecule has 1 aliphatic heterocycles. The van der Waals surface area contributed by atoms with Crippen molar-refractivity contribution in [3.05, 3.63) is 35.0 Å². The number of phosphoric ester groups is 3. The second kappa shape index (κ2) is 21.3.